The van der Waals surface area contributed by atoms with Gasteiger partial charge in [0, 0.05) is 5.69 Å². The van der Waals surface area contributed by atoms with Crippen molar-refractivity contribution in [2.45, 2.75) is 18.6 Å². The fraction of sp³-hybridized carbons (Fsp3) is 0.188. The molecule has 2 amide bonds. The van der Waals surface area contributed by atoms with Gasteiger partial charge < -0.3 is 10.1 Å². The van der Waals surface area contributed by atoms with Crippen LogP contribution in [0.4, 0.5) is 5.69 Å². The Balaban J connectivity index is 1.86. The molecule has 1 saturated heterocycles. The number of benzene rings is 1. The van der Waals surface area contributed by atoms with Gasteiger partial charge in [-0.1, -0.05) is 30.0 Å². The zero-order valence-corrected chi connectivity index (χ0v) is 14.5. The van der Waals surface area contributed by atoms with Crippen LogP contribution in [0.3, 0.4) is 0 Å². The Hall–Kier alpha value is -3.14. The first-order chi connectivity index (χ1) is 12.5. The molecule has 1 aliphatic heterocycles. The highest BCUT2D eigenvalue weighted by atomic mass is 32.2. The Kier molecular flexibility index (Phi) is 5.03. The number of anilines is 1. The summed E-state index contributed by atoms with van der Waals surface area (Å²) in [5.41, 5.74) is 3.69. The van der Waals surface area contributed by atoms with E-state index in [2.05, 4.69) is 20.5 Å². The van der Waals surface area contributed by atoms with E-state index in [0.717, 1.165) is 11.8 Å². The summed E-state index contributed by atoms with van der Waals surface area (Å²) in [6.45, 7) is 1.70. The molecule has 2 heterocycles. The number of hydrogen-bond acceptors (Lipinski definition) is 6. The van der Waals surface area contributed by atoms with Crippen molar-refractivity contribution in [3.05, 3.63) is 48.0 Å². The number of amides is 2. The van der Waals surface area contributed by atoms with E-state index in [9.17, 15) is 14.4 Å². The molecule has 1 aliphatic rings. The number of aliphatic carboxylic acids is 1. The van der Waals surface area contributed by atoms with Gasteiger partial charge in [0.05, 0.1) is 18.4 Å². The Morgan fingerprint density at radius 1 is 1.38 bits per heavy atom. The molecule has 1 fully saturated rings. The van der Waals surface area contributed by atoms with E-state index in [1.54, 1.807) is 37.3 Å². The zero-order valence-electron chi connectivity index (χ0n) is 13.7. The number of carboxylic acids is 1. The van der Waals surface area contributed by atoms with Gasteiger partial charge in [-0.15, -0.1) is 5.10 Å². The van der Waals surface area contributed by atoms with Crippen LogP contribution in [-0.4, -0.2) is 43.3 Å². The Morgan fingerprint density at radius 3 is 2.73 bits per heavy atom. The number of aromatic nitrogens is 2. The SMILES string of the molecule is Cc1[nH]cnc1C(=O)N/N=C1/SC(CC(=O)O)C(=O)N1c1ccccc1. The minimum absolute atomic E-state index is 0.192. The molecule has 1 unspecified atom stereocenters. The van der Waals surface area contributed by atoms with Crippen LogP contribution in [0.5, 0.6) is 0 Å². The average Bonchev–Trinajstić information content (AvgIpc) is 3.17. The van der Waals surface area contributed by atoms with Gasteiger partial charge in [0.25, 0.3) is 5.91 Å². The maximum atomic E-state index is 12.6. The van der Waals surface area contributed by atoms with E-state index in [1.165, 1.54) is 11.2 Å². The van der Waals surface area contributed by atoms with Crippen molar-refractivity contribution in [2.75, 3.05) is 4.90 Å². The van der Waals surface area contributed by atoms with E-state index in [4.69, 9.17) is 5.11 Å². The molecule has 1 aromatic carbocycles. The number of thioether (sulfide) groups is 1. The van der Waals surface area contributed by atoms with E-state index in [1.807, 2.05) is 0 Å². The first kappa shape index (κ1) is 17.7. The number of H-pyrrole nitrogens is 1. The predicted octanol–water partition coefficient (Wildman–Crippen LogP) is 1.34. The van der Waals surface area contributed by atoms with Crippen LogP contribution in [0.15, 0.2) is 41.8 Å². The molecule has 0 bridgehead atoms. The highest BCUT2D eigenvalue weighted by molar-refractivity contribution is 8.16. The number of hydrazone groups is 1. The van der Waals surface area contributed by atoms with Crippen LogP contribution in [-0.2, 0) is 9.59 Å². The molecule has 0 radical (unpaired) electrons. The number of aryl methyl sites for hydroxylation is 1. The van der Waals surface area contributed by atoms with Crippen LogP contribution in [0.2, 0.25) is 0 Å². The molecule has 134 valence electrons. The van der Waals surface area contributed by atoms with E-state index < -0.39 is 23.0 Å². The number of carboxylic acid groups (broad SMARTS) is 1. The summed E-state index contributed by atoms with van der Waals surface area (Å²) in [6.07, 6.45) is 1.06. The van der Waals surface area contributed by atoms with Crippen molar-refractivity contribution in [1.29, 1.82) is 0 Å². The van der Waals surface area contributed by atoms with Gasteiger partial charge in [-0.05, 0) is 19.1 Å². The summed E-state index contributed by atoms with van der Waals surface area (Å²) in [4.78, 5) is 43.8. The van der Waals surface area contributed by atoms with Crippen LogP contribution in [0, 0.1) is 6.92 Å². The van der Waals surface area contributed by atoms with Crippen molar-refractivity contribution in [3.63, 3.8) is 0 Å². The van der Waals surface area contributed by atoms with Crippen LogP contribution >= 0.6 is 11.8 Å². The van der Waals surface area contributed by atoms with Crippen molar-refractivity contribution < 1.29 is 19.5 Å². The summed E-state index contributed by atoms with van der Waals surface area (Å²) in [7, 11) is 0. The minimum Gasteiger partial charge on any atom is -0.481 e. The maximum absolute atomic E-state index is 12.6. The van der Waals surface area contributed by atoms with Crippen LogP contribution < -0.4 is 10.3 Å². The van der Waals surface area contributed by atoms with Crippen molar-refractivity contribution in [3.8, 4) is 0 Å². The predicted molar refractivity (Wildman–Crippen MR) is 95.8 cm³/mol. The molecule has 0 saturated carbocycles. The monoisotopic (exact) mass is 373 g/mol. The summed E-state index contributed by atoms with van der Waals surface area (Å²) >= 11 is 0.996. The van der Waals surface area contributed by atoms with Crippen molar-refractivity contribution in [1.82, 2.24) is 15.4 Å². The molecule has 26 heavy (non-hydrogen) atoms. The molecule has 2 aromatic rings. The molecule has 0 aliphatic carbocycles. The fourth-order valence-corrected chi connectivity index (χ4v) is 3.47. The van der Waals surface area contributed by atoms with Gasteiger partial charge in [-0.25, -0.2) is 10.4 Å². The summed E-state index contributed by atoms with van der Waals surface area (Å²) in [5.74, 6) is -2.01. The Labute approximate surface area is 152 Å². The number of nitrogens with one attached hydrogen (secondary N) is 2. The lowest BCUT2D eigenvalue weighted by atomic mass is 10.2. The van der Waals surface area contributed by atoms with Gasteiger partial charge in [-0.2, -0.15) is 0 Å². The topological polar surface area (TPSA) is 128 Å². The normalized spacial score (nSPS) is 18.3. The standard InChI is InChI=1S/C16H15N5O4S/c1-9-13(18-8-17-9)14(24)19-20-16-21(10-5-3-2-4-6-10)15(25)11(26-16)7-12(22)23/h2-6,8,11H,7H2,1H3,(H,17,18)(H,19,24)(H,22,23)/b20-16+. The lowest BCUT2D eigenvalue weighted by Crippen LogP contribution is -2.34. The number of rotatable bonds is 5. The number of para-hydroxylation sites is 1. The van der Waals surface area contributed by atoms with Gasteiger partial charge in [0.2, 0.25) is 5.91 Å². The molecule has 1 atom stereocenters. The minimum atomic E-state index is -1.08. The molecule has 0 spiro atoms. The lowest BCUT2D eigenvalue weighted by Gasteiger charge is -2.16. The van der Waals surface area contributed by atoms with Gasteiger partial charge in [0.15, 0.2) is 10.9 Å². The highest BCUT2D eigenvalue weighted by Gasteiger charge is 2.40. The van der Waals surface area contributed by atoms with Crippen molar-refractivity contribution in [2.24, 2.45) is 5.10 Å². The van der Waals surface area contributed by atoms with Crippen LogP contribution in [0.25, 0.3) is 0 Å². The largest absolute Gasteiger partial charge is 0.481 e. The quantitative estimate of drug-likeness (QED) is 0.679. The van der Waals surface area contributed by atoms with E-state index in [-0.39, 0.29) is 17.3 Å². The second-order valence-corrected chi connectivity index (χ2v) is 6.59. The van der Waals surface area contributed by atoms with Gasteiger partial charge >= 0.3 is 5.97 Å². The number of amidine groups is 1. The first-order valence-corrected chi connectivity index (χ1v) is 8.51. The highest BCUT2D eigenvalue weighted by Crippen LogP contribution is 2.33. The lowest BCUT2D eigenvalue weighted by molar-refractivity contribution is -0.138. The van der Waals surface area contributed by atoms with E-state index in [0.29, 0.717) is 11.4 Å². The third-order valence-corrected chi connectivity index (χ3v) is 4.74. The summed E-state index contributed by atoms with van der Waals surface area (Å²) in [6, 6.07) is 8.71. The first-order valence-electron chi connectivity index (χ1n) is 7.63. The van der Waals surface area contributed by atoms with Crippen molar-refractivity contribution >= 4 is 40.4 Å². The zero-order chi connectivity index (χ0) is 18.7. The molecule has 1 aromatic heterocycles. The molecule has 10 heteroatoms. The second kappa shape index (κ2) is 7.40. The number of carbonyl (C=O) groups is 3. The maximum Gasteiger partial charge on any atom is 0.305 e. The summed E-state index contributed by atoms with van der Waals surface area (Å²) < 4.78 is 0. The Bertz CT molecular complexity index is 880. The number of hydrogen-bond donors (Lipinski definition) is 3. The molecule has 3 N–H and O–H groups in total. The molecule has 3 rings (SSSR count). The number of imidazole rings is 1. The average molecular weight is 373 g/mol. The number of nitrogens with zero attached hydrogens (tertiary/aromatic N) is 3. The fourth-order valence-electron chi connectivity index (χ4n) is 2.39. The molecule has 9 nitrogen and oxygen atoms in total. The summed E-state index contributed by atoms with van der Waals surface area (Å²) in [5, 5.41) is 12.4. The van der Waals surface area contributed by atoms with Gasteiger partial charge in [-0.3, -0.25) is 19.3 Å². The Morgan fingerprint density at radius 2 is 2.12 bits per heavy atom. The smallest absolute Gasteiger partial charge is 0.305 e. The van der Waals surface area contributed by atoms with Crippen LogP contribution in [0.1, 0.15) is 22.6 Å². The molecular formula is C16H15N5O4S. The third kappa shape index (κ3) is 3.59. The molecular weight excluding hydrogens is 358 g/mol. The van der Waals surface area contributed by atoms with E-state index >= 15 is 0 Å². The van der Waals surface area contributed by atoms with Gasteiger partial charge in [0.1, 0.15) is 5.25 Å². The third-order valence-electron chi connectivity index (χ3n) is 3.61. The second-order valence-electron chi connectivity index (χ2n) is 5.43. The number of aromatic amines is 1. The number of carbonyl (C=O) groups excluding carboxylic acids is 2.